The van der Waals surface area contributed by atoms with Crippen molar-refractivity contribution in [3.63, 3.8) is 0 Å². The summed E-state index contributed by atoms with van der Waals surface area (Å²) < 4.78 is 2.29. The van der Waals surface area contributed by atoms with Gasteiger partial charge in [-0.3, -0.25) is 0 Å². The van der Waals surface area contributed by atoms with E-state index in [0.29, 0.717) is 11.5 Å². The second-order valence-electron chi connectivity index (χ2n) is 5.91. The second kappa shape index (κ2) is 4.21. The van der Waals surface area contributed by atoms with Crippen molar-refractivity contribution < 1.29 is 0 Å². The van der Waals surface area contributed by atoms with Gasteiger partial charge in [-0.25, -0.2) is 4.98 Å². The minimum atomic E-state index is 0.0810. The van der Waals surface area contributed by atoms with Crippen LogP contribution < -0.4 is 5.73 Å². The number of hydrogen-bond acceptors (Lipinski definition) is 2. The van der Waals surface area contributed by atoms with Gasteiger partial charge >= 0.3 is 0 Å². The van der Waals surface area contributed by atoms with Gasteiger partial charge in [-0.05, 0) is 38.0 Å². The monoisotopic (exact) mass is 221 g/mol. The molecular weight excluding hydrogens is 198 g/mol. The molecule has 0 unspecified atom stereocenters. The molecule has 0 radical (unpaired) electrons. The molecule has 1 aromatic rings. The Hall–Kier alpha value is -0.830. The number of aromatic nitrogens is 2. The molecule has 0 aromatic carbocycles. The Bertz CT molecular complexity index is 342. The van der Waals surface area contributed by atoms with Crippen LogP contribution in [0.3, 0.4) is 0 Å². The number of nitrogens with zero attached hydrogens (tertiary/aromatic N) is 2. The zero-order chi connectivity index (χ0) is 11.8. The highest BCUT2D eigenvalue weighted by Crippen LogP contribution is 2.40. The van der Waals surface area contributed by atoms with Crippen molar-refractivity contribution in [1.29, 1.82) is 0 Å². The minimum Gasteiger partial charge on any atom is -0.330 e. The van der Waals surface area contributed by atoms with Crippen molar-refractivity contribution in [3.8, 4) is 0 Å². The van der Waals surface area contributed by atoms with Crippen LogP contribution in [0.15, 0.2) is 12.5 Å². The summed E-state index contributed by atoms with van der Waals surface area (Å²) in [6.45, 7) is 6.76. The summed E-state index contributed by atoms with van der Waals surface area (Å²) in [5, 5.41) is 0. The fourth-order valence-corrected chi connectivity index (χ4v) is 2.63. The van der Waals surface area contributed by atoms with Crippen LogP contribution in [-0.4, -0.2) is 9.55 Å². The van der Waals surface area contributed by atoms with Crippen molar-refractivity contribution in [2.24, 2.45) is 11.1 Å². The van der Waals surface area contributed by atoms with Gasteiger partial charge in [0.1, 0.15) is 0 Å². The summed E-state index contributed by atoms with van der Waals surface area (Å²) >= 11 is 0. The lowest BCUT2D eigenvalue weighted by molar-refractivity contribution is 0.191. The molecule has 90 valence electrons. The van der Waals surface area contributed by atoms with Crippen molar-refractivity contribution >= 4 is 0 Å². The van der Waals surface area contributed by atoms with E-state index in [2.05, 4.69) is 23.4 Å². The first-order chi connectivity index (χ1) is 7.49. The van der Waals surface area contributed by atoms with E-state index >= 15 is 0 Å². The molecular formula is C13H23N3. The first-order valence-electron chi connectivity index (χ1n) is 6.27. The first kappa shape index (κ1) is 11.6. The standard InChI is InChI=1S/C13H23N3/c1-10(14)12-8-15-9-16(12)11-4-6-13(2,3)7-5-11/h8-11H,4-7,14H2,1-3H3/t10-/m1/s1. The van der Waals surface area contributed by atoms with Gasteiger partial charge < -0.3 is 10.3 Å². The first-order valence-corrected chi connectivity index (χ1v) is 6.27. The van der Waals surface area contributed by atoms with E-state index in [1.165, 1.54) is 31.4 Å². The Labute approximate surface area is 98.1 Å². The van der Waals surface area contributed by atoms with Crippen LogP contribution in [0, 0.1) is 5.41 Å². The zero-order valence-corrected chi connectivity index (χ0v) is 10.6. The molecule has 0 bridgehead atoms. The van der Waals surface area contributed by atoms with Crippen molar-refractivity contribution in [2.45, 2.75) is 58.5 Å². The van der Waals surface area contributed by atoms with Crippen LogP contribution in [0.25, 0.3) is 0 Å². The number of imidazole rings is 1. The molecule has 2 N–H and O–H groups in total. The molecule has 1 fully saturated rings. The molecule has 2 rings (SSSR count). The average Bonchev–Trinajstić information content (AvgIpc) is 2.66. The summed E-state index contributed by atoms with van der Waals surface area (Å²) in [6.07, 6.45) is 8.96. The third-order valence-electron chi connectivity index (χ3n) is 3.86. The van der Waals surface area contributed by atoms with Crippen molar-refractivity contribution in [3.05, 3.63) is 18.2 Å². The minimum absolute atomic E-state index is 0.0810. The van der Waals surface area contributed by atoms with Crippen LogP contribution in [0.2, 0.25) is 0 Å². The molecule has 3 nitrogen and oxygen atoms in total. The predicted octanol–water partition coefficient (Wildman–Crippen LogP) is 3.04. The fraction of sp³-hybridized carbons (Fsp3) is 0.769. The molecule has 3 heteroatoms. The molecule has 0 amide bonds. The van der Waals surface area contributed by atoms with Gasteiger partial charge in [0.25, 0.3) is 0 Å². The highest BCUT2D eigenvalue weighted by molar-refractivity contribution is 5.05. The van der Waals surface area contributed by atoms with Gasteiger partial charge in [0.05, 0.1) is 12.0 Å². The quantitative estimate of drug-likeness (QED) is 0.834. The molecule has 1 saturated carbocycles. The van der Waals surface area contributed by atoms with Gasteiger partial charge in [0.15, 0.2) is 0 Å². The molecule has 0 saturated heterocycles. The Morgan fingerprint density at radius 1 is 1.44 bits per heavy atom. The maximum Gasteiger partial charge on any atom is 0.0951 e. The third-order valence-corrected chi connectivity index (χ3v) is 3.86. The van der Waals surface area contributed by atoms with Crippen molar-refractivity contribution in [1.82, 2.24) is 9.55 Å². The van der Waals surface area contributed by atoms with Crippen LogP contribution in [-0.2, 0) is 0 Å². The van der Waals surface area contributed by atoms with Gasteiger partial charge in [0.2, 0.25) is 0 Å². The Kier molecular flexibility index (Phi) is 3.06. The summed E-state index contributed by atoms with van der Waals surface area (Å²) in [5.41, 5.74) is 7.65. The molecule has 16 heavy (non-hydrogen) atoms. The molecule has 1 atom stereocenters. The van der Waals surface area contributed by atoms with E-state index in [1.807, 2.05) is 19.4 Å². The van der Waals surface area contributed by atoms with Crippen LogP contribution in [0.1, 0.15) is 64.2 Å². The third kappa shape index (κ3) is 2.29. The largest absolute Gasteiger partial charge is 0.330 e. The average molecular weight is 221 g/mol. The maximum absolute atomic E-state index is 5.96. The SMILES string of the molecule is C[C@@H](N)c1cncn1C1CCC(C)(C)CC1. The Balaban J connectivity index is 2.11. The van der Waals surface area contributed by atoms with Gasteiger partial charge in [-0.15, -0.1) is 0 Å². The number of nitrogens with two attached hydrogens (primary N) is 1. The Morgan fingerprint density at radius 3 is 2.62 bits per heavy atom. The van der Waals surface area contributed by atoms with Gasteiger partial charge in [-0.1, -0.05) is 13.8 Å². The van der Waals surface area contributed by atoms with Gasteiger partial charge in [0, 0.05) is 18.3 Å². The van der Waals surface area contributed by atoms with E-state index in [4.69, 9.17) is 5.73 Å². The molecule has 0 aliphatic heterocycles. The number of rotatable bonds is 2. The second-order valence-corrected chi connectivity index (χ2v) is 5.91. The molecule has 1 heterocycles. The van der Waals surface area contributed by atoms with Gasteiger partial charge in [-0.2, -0.15) is 0 Å². The van der Waals surface area contributed by atoms with E-state index in [9.17, 15) is 0 Å². The predicted molar refractivity (Wildman–Crippen MR) is 66.1 cm³/mol. The lowest BCUT2D eigenvalue weighted by Gasteiger charge is -2.35. The smallest absolute Gasteiger partial charge is 0.0951 e. The van der Waals surface area contributed by atoms with Crippen LogP contribution in [0.4, 0.5) is 0 Å². The molecule has 1 aliphatic carbocycles. The maximum atomic E-state index is 5.96. The highest BCUT2D eigenvalue weighted by atomic mass is 15.1. The van der Waals surface area contributed by atoms with E-state index in [-0.39, 0.29) is 6.04 Å². The summed E-state index contributed by atoms with van der Waals surface area (Å²) in [5.74, 6) is 0. The lowest BCUT2D eigenvalue weighted by atomic mass is 9.75. The normalized spacial score (nSPS) is 23.2. The summed E-state index contributed by atoms with van der Waals surface area (Å²) in [6, 6.07) is 0.689. The van der Waals surface area contributed by atoms with E-state index in [0.717, 1.165) is 0 Å². The van der Waals surface area contributed by atoms with E-state index in [1.54, 1.807) is 0 Å². The van der Waals surface area contributed by atoms with Crippen LogP contribution >= 0.6 is 0 Å². The van der Waals surface area contributed by atoms with Crippen LogP contribution in [0.5, 0.6) is 0 Å². The van der Waals surface area contributed by atoms with Crippen molar-refractivity contribution in [2.75, 3.05) is 0 Å². The lowest BCUT2D eigenvalue weighted by Crippen LogP contribution is -2.25. The number of hydrogen-bond donors (Lipinski definition) is 1. The zero-order valence-electron chi connectivity index (χ0n) is 10.6. The topological polar surface area (TPSA) is 43.8 Å². The highest BCUT2D eigenvalue weighted by Gasteiger charge is 2.28. The Morgan fingerprint density at radius 2 is 2.06 bits per heavy atom. The summed E-state index contributed by atoms with van der Waals surface area (Å²) in [4.78, 5) is 4.24. The molecule has 1 aliphatic rings. The molecule has 1 aromatic heterocycles. The van der Waals surface area contributed by atoms with E-state index < -0.39 is 0 Å². The summed E-state index contributed by atoms with van der Waals surface area (Å²) in [7, 11) is 0. The molecule has 0 spiro atoms. The fourth-order valence-electron chi connectivity index (χ4n) is 2.63.